The molecule has 6 nitrogen and oxygen atoms in total. The van der Waals surface area contributed by atoms with Crippen LogP contribution in [0.3, 0.4) is 0 Å². The summed E-state index contributed by atoms with van der Waals surface area (Å²) in [5, 5.41) is 2.87. The van der Waals surface area contributed by atoms with Crippen LogP contribution < -0.4 is 20.5 Å². The largest absolute Gasteiger partial charge is 0.493 e. The molecule has 1 atom stereocenters. The van der Waals surface area contributed by atoms with Crippen LogP contribution >= 0.6 is 12.4 Å². The number of methoxy groups -OCH3 is 2. The molecule has 0 saturated carbocycles. The average Bonchev–Trinajstić information content (AvgIpc) is 2.62. The summed E-state index contributed by atoms with van der Waals surface area (Å²) >= 11 is 0. The Hall–Kier alpha value is -2.31. The Bertz CT molecular complexity index is 668. The summed E-state index contributed by atoms with van der Waals surface area (Å²) in [6, 6.07) is 8.85. The van der Waals surface area contributed by atoms with Gasteiger partial charge in [0.05, 0.1) is 20.3 Å². The van der Waals surface area contributed by atoms with Crippen LogP contribution in [0.15, 0.2) is 42.7 Å². The van der Waals surface area contributed by atoms with Crippen molar-refractivity contribution in [3.05, 3.63) is 53.9 Å². The molecule has 1 aromatic heterocycles. The highest BCUT2D eigenvalue weighted by Crippen LogP contribution is 2.27. The smallest absolute Gasteiger partial charge is 0.237 e. The summed E-state index contributed by atoms with van der Waals surface area (Å²) < 4.78 is 10.5. The maximum absolute atomic E-state index is 12.1. The Morgan fingerprint density at radius 2 is 1.80 bits per heavy atom. The normalized spacial score (nSPS) is 11.2. The van der Waals surface area contributed by atoms with Crippen LogP contribution in [0.25, 0.3) is 0 Å². The van der Waals surface area contributed by atoms with E-state index < -0.39 is 6.04 Å². The lowest BCUT2D eigenvalue weighted by Crippen LogP contribution is -2.42. The molecule has 0 spiro atoms. The van der Waals surface area contributed by atoms with Crippen molar-refractivity contribution in [3.63, 3.8) is 0 Å². The average molecular weight is 366 g/mol. The maximum atomic E-state index is 12.1. The highest BCUT2D eigenvalue weighted by molar-refractivity contribution is 5.85. The number of halogens is 1. The first kappa shape index (κ1) is 20.7. The van der Waals surface area contributed by atoms with Gasteiger partial charge in [0.2, 0.25) is 5.91 Å². The lowest BCUT2D eigenvalue weighted by Gasteiger charge is -2.13. The second-order valence-electron chi connectivity index (χ2n) is 5.40. The second-order valence-corrected chi connectivity index (χ2v) is 5.40. The number of nitrogens with one attached hydrogen (secondary N) is 1. The molecule has 3 N–H and O–H groups in total. The first-order valence-electron chi connectivity index (χ1n) is 7.77. The van der Waals surface area contributed by atoms with Crippen LogP contribution in [0.1, 0.15) is 11.1 Å². The zero-order chi connectivity index (χ0) is 17.4. The molecule has 0 aliphatic rings. The van der Waals surface area contributed by atoms with E-state index in [-0.39, 0.29) is 18.3 Å². The van der Waals surface area contributed by atoms with Gasteiger partial charge in [0, 0.05) is 18.9 Å². The quantitative estimate of drug-likeness (QED) is 0.744. The van der Waals surface area contributed by atoms with Crippen molar-refractivity contribution < 1.29 is 14.3 Å². The number of hydrogen-bond acceptors (Lipinski definition) is 5. The van der Waals surface area contributed by atoms with Crippen molar-refractivity contribution in [1.29, 1.82) is 0 Å². The number of ether oxygens (including phenoxy) is 2. The summed E-state index contributed by atoms with van der Waals surface area (Å²) in [4.78, 5) is 16.0. The number of aromatic nitrogens is 1. The third-order valence-electron chi connectivity index (χ3n) is 3.70. The van der Waals surface area contributed by atoms with Crippen molar-refractivity contribution in [2.45, 2.75) is 18.9 Å². The molecule has 25 heavy (non-hydrogen) atoms. The van der Waals surface area contributed by atoms with Crippen LogP contribution in [0.4, 0.5) is 0 Å². The van der Waals surface area contributed by atoms with Gasteiger partial charge in [-0.25, -0.2) is 0 Å². The van der Waals surface area contributed by atoms with E-state index in [0.29, 0.717) is 30.9 Å². The molecule has 0 bridgehead atoms. The van der Waals surface area contributed by atoms with E-state index in [1.807, 2.05) is 30.3 Å². The zero-order valence-electron chi connectivity index (χ0n) is 14.4. The molecule has 0 aliphatic carbocycles. The Morgan fingerprint density at radius 3 is 2.44 bits per heavy atom. The molecule has 1 aromatic carbocycles. The Labute approximate surface area is 154 Å². The number of carbonyl (C=O) groups excluding carboxylic acids is 1. The predicted octanol–water partition coefficient (Wildman–Crippen LogP) is 1.75. The monoisotopic (exact) mass is 365 g/mol. The van der Waals surface area contributed by atoms with E-state index in [1.54, 1.807) is 26.6 Å². The summed E-state index contributed by atoms with van der Waals surface area (Å²) in [6.07, 6.45) is 4.56. The van der Waals surface area contributed by atoms with Crippen LogP contribution in [0.2, 0.25) is 0 Å². The fraction of sp³-hybridized carbons (Fsp3) is 0.333. The van der Waals surface area contributed by atoms with E-state index >= 15 is 0 Å². The van der Waals surface area contributed by atoms with Gasteiger partial charge in [-0.15, -0.1) is 12.4 Å². The van der Waals surface area contributed by atoms with Gasteiger partial charge >= 0.3 is 0 Å². The van der Waals surface area contributed by atoms with E-state index in [2.05, 4.69) is 10.3 Å². The van der Waals surface area contributed by atoms with Crippen molar-refractivity contribution in [2.75, 3.05) is 20.8 Å². The molecule has 2 aromatic rings. The van der Waals surface area contributed by atoms with Gasteiger partial charge in [-0.05, 0) is 48.2 Å². The van der Waals surface area contributed by atoms with Crippen molar-refractivity contribution >= 4 is 18.3 Å². The van der Waals surface area contributed by atoms with E-state index in [1.165, 1.54) is 0 Å². The highest BCUT2D eigenvalue weighted by Gasteiger charge is 2.13. The number of rotatable bonds is 8. The molecular weight excluding hydrogens is 342 g/mol. The number of pyridine rings is 1. The van der Waals surface area contributed by atoms with Crippen molar-refractivity contribution in [1.82, 2.24) is 10.3 Å². The predicted molar refractivity (Wildman–Crippen MR) is 99.4 cm³/mol. The van der Waals surface area contributed by atoms with Gasteiger partial charge in [-0.2, -0.15) is 0 Å². The van der Waals surface area contributed by atoms with Gasteiger partial charge in [-0.1, -0.05) is 6.07 Å². The van der Waals surface area contributed by atoms with Gasteiger partial charge < -0.3 is 20.5 Å². The zero-order valence-corrected chi connectivity index (χ0v) is 15.2. The maximum Gasteiger partial charge on any atom is 0.237 e. The second kappa shape index (κ2) is 10.5. The fourth-order valence-electron chi connectivity index (χ4n) is 2.36. The number of nitrogens with zero attached hydrogens (tertiary/aromatic N) is 1. The standard InChI is InChI=1S/C18H23N3O3.ClH/c1-23-16-4-3-13(12-17(16)24-2)7-10-21-18(22)15(19)11-14-5-8-20-9-6-14;/h3-6,8-9,12,15H,7,10-11,19H2,1-2H3,(H,21,22);1H/t15-;/m0./s1. The summed E-state index contributed by atoms with van der Waals surface area (Å²) in [7, 11) is 3.20. The molecule has 1 amide bonds. The van der Waals surface area contributed by atoms with Gasteiger partial charge in [0.1, 0.15) is 0 Å². The fourth-order valence-corrected chi connectivity index (χ4v) is 2.36. The van der Waals surface area contributed by atoms with E-state index in [0.717, 1.165) is 11.1 Å². The van der Waals surface area contributed by atoms with Crippen molar-refractivity contribution in [3.8, 4) is 11.5 Å². The molecule has 0 aliphatic heterocycles. The summed E-state index contributed by atoms with van der Waals surface area (Å²) in [5.74, 6) is 1.20. The summed E-state index contributed by atoms with van der Waals surface area (Å²) in [6.45, 7) is 0.512. The minimum atomic E-state index is -0.571. The van der Waals surface area contributed by atoms with Crippen LogP contribution in [0, 0.1) is 0 Å². The molecule has 0 unspecified atom stereocenters. The van der Waals surface area contributed by atoms with E-state index in [4.69, 9.17) is 15.2 Å². The number of hydrogen-bond donors (Lipinski definition) is 2. The number of nitrogens with two attached hydrogens (primary N) is 1. The van der Waals surface area contributed by atoms with Crippen LogP contribution in [-0.4, -0.2) is 37.7 Å². The van der Waals surface area contributed by atoms with Crippen molar-refractivity contribution in [2.24, 2.45) is 5.73 Å². The van der Waals surface area contributed by atoms with Gasteiger partial charge in [0.25, 0.3) is 0 Å². The highest BCUT2D eigenvalue weighted by atomic mass is 35.5. The Morgan fingerprint density at radius 1 is 1.12 bits per heavy atom. The minimum absolute atomic E-state index is 0. The molecule has 2 rings (SSSR count). The van der Waals surface area contributed by atoms with Crippen LogP contribution in [-0.2, 0) is 17.6 Å². The summed E-state index contributed by atoms with van der Waals surface area (Å²) in [5.41, 5.74) is 7.99. The van der Waals surface area contributed by atoms with E-state index in [9.17, 15) is 4.79 Å². The Kier molecular flexibility index (Phi) is 8.74. The molecule has 7 heteroatoms. The molecule has 0 radical (unpaired) electrons. The number of amides is 1. The third-order valence-corrected chi connectivity index (χ3v) is 3.70. The number of benzene rings is 1. The first-order valence-corrected chi connectivity index (χ1v) is 7.77. The minimum Gasteiger partial charge on any atom is -0.493 e. The lowest BCUT2D eigenvalue weighted by molar-refractivity contribution is -0.122. The van der Waals surface area contributed by atoms with Crippen LogP contribution in [0.5, 0.6) is 11.5 Å². The molecule has 1 heterocycles. The molecule has 0 saturated heterocycles. The lowest BCUT2D eigenvalue weighted by atomic mass is 10.1. The molecule has 0 fully saturated rings. The Balaban J connectivity index is 0.00000312. The third kappa shape index (κ3) is 6.25. The van der Waals surface area contributed by atoms with Gasteiger partial charge in [-0.3, -0.25) is 9.78 Å². The van der Waals surface area contributed by atoms with Gasteiger partial charge in [0.15, 0.2) is 11.5 Å². The number of carbonyl (C=O) groups is 1. The first-order chi connectivity index (χ1) is 11.6. The SMILES string of the molecule is COc1ccc(CCNC(=O)[C@@H](N)Cc2ccncc2)cc1OC.Cl. The molecular formula is C18H24ClN3O3. The topological polar surface area (TPSA) is 86.5 Å². The molecule has 136 valence electrons.